The summed E-state index contributed by atoms with van der Waals surface area (Å²) in [6.07, 6.45) is 0.985. The average Bonchev–Trinajstić information content (AvgIpc) is 2.25. The summed E-state index contributed by atoms with van der Waals surface area (Å²) in [7, 11) is 0. The fraction of sp³-hybridized carbons (Fsp3) is 0.462. The second-order valence-electron chi connectivity index (χ2n) is 4.06. The van der Waals surface area contributed by atoms with Crippen LogP contribution in [-0.4, -0.2) is 16.8 Å². The van der Waals surface area contributed by atoms with Gasteiger partial charge in [0.25, 0.3) is 0 Å². The first-order valence-corrected chi connectivity index (χ1v) is 6.43. The lowest BCUT2D eigenvalue weighted by molar-refractivity contribution is -0.139. The molecule has 0 amide bonds. The first-order valence-electron chi connectivity index (χ1n) is 5.45. The van der Waals surface area contributed by atoms with Crippen molar-refractivity contribution < 1.29 is 9.90 Å². The molecule has 1 aromatic rings. The highest BCUT2D eigenvalue weighted by Gasteiger charge is 2.35. The molecule has 0 fully saturated rings. The molecule has 0 aliphatic heterocycles. The lowest BCUT2D eigenvalue weighted by Crippen LogP contribution is -2.29. The number of carboxylic acid groups (broad SMARTS) is 1. The molecular formula is C13H18O2S. The normalized spacial score (nSPS) is 14.4. The minimum absolute atomic E-state index is 0.767. The second-order valence-corrected chi connectivity index (χ2v) is 5.57. The number of carbonyl (C=O) groups is 1. The van der Waals surface area contributed by atoms with Gasteiger partial charge in [0.05, 0.1) is 0 Å². The van der Waals surface area contributed by atoms with E-state index in [-0.39, 0.29) is 0 Å². The van der Waals surface area contributed by atoms with Gasteiger partial charge in [-0.05, 0) is 31.6 Å². The Morgan fingerprint density at radius 1 is 1.50 bits per heavy atom. The molecule has 88 valence electrons. The highest BCUT2D eigenvalue weighted by molar-refractivity contribution is 8.00. The van der Waals surface area contributed by atoms with Crippen molar-refractivity contribution in [2.24, 2.45) is 0 Å². The molecule has 1 N–H and O–H groups in total. The highest BCUT2D eigenvalue weighted by Crippen LogP contribution is 2.37. The fourth-order valence-corrected chi connectivity index (χ4v) is 2.55. The first-order chi connectivity index (χ1) is 7.50. The van der Waals surface area contributed by atoms with Gasteiger partial charge >= 0.3 is 5.97 Å². The van der Waals surface area contributed by atoms with Gasteiger partial charge in [-0.1, -0.05) is 36.8 Å². The van der Waals surface area contributed by atoms with Gasteiger partial charge in [-0.2, -0.15) is 0 Å². The molecule has 0 aromatic heterocycles. The number of benzene rings is 1. The van der Waals surface area contributed by atoms with Crippen molar-refractivity contribution in [3.63, 3.8) is 0 Å². The van der Waals surface area contributed by atoms with E-state index in [1.807, 2.05) is 31.2 Å². The van der Waals surface area contributed by atoms with E-state index in [1.165, 1.54) is 11.8 Å². The van der Waals surface area contributed by atoms with Crippen LogP contribution in [-0.2, 0) is 9.54 Å². The van der Waals surface area contributed by atoms with Crippen LogP contribution in [0.2, 0.25) is 0 Å². The van der Waals surface area contributed by atoms with Crippen molar-refractivity contribution in [1.82, 2.24) is 0 Å². The smallest absolute Gasteiger partial charge is 0.324 e. The van der Waals surface area contributed by atoms with Crippen LogP contribution in [0.15, 0.2) is 24.3 Å². The topological polar surface area (TPSA) is 37.3 Å². The van der Waals surface area contributed by atoms with Crippen LogP contribution in [0.5, 0.6) is 0 Å². The summed E-state index contributed by atoms with van der Waals surface area (Å²) in [5, 5.41) is 9.38. The summed E-state index contributed by atoms with van der Waals surface area (Å²) in [6, 6.07) is 7.75. The Morgan fingerprint density at radius 2 is 2.19 bits per heavy atom. The Labute approximate surface area is 101 Å². The Kier molecular flexibility index (Phi) is 4.42. The zero-order chi connectivity index (χ0) is 12.2. The monoisotopic (exact) mass is 238 g/mol. The molecule has 1 rings (SSSR count). The molecule has 0 aliphatic carbocycles. The predicted molar refractivity (Wildman–Crippen MR) is 68.9 cm³/mol. The van der Waals surface area contributed by atoms with Gasteiger partial charge in [0.15, 0.2) is 0 Å². The van der Waals surface area contributed by atoms with Crippen molar-refractivity contribution in [2.45, 2.75) is 31.9 Å². The first kappa shape index (κ1) is 13.1. The third-order valence-corrected chi connectivity index (χ3v) is 4.17. The van der Waals surface area contributed by atoms with E-state index < -0.39 is 10.7 Å². The number of carboxylic acids is 1. The largest absolute Gasteiger partial charge is 0.480 e. The molecule has 0 saturated carbocycles. The number of aryl methyl sites for hydroxylation is 1. The third-order valence-electron chi connectivity index (χ3n) is 2.57. The molecule has 3 heteroatoms. The SMILES string of the molecule is CCCSC(C)(C(=O)O)c1cccc(C)c1. The second kappa shape index (κ2) is 5.39. The molecule has 0 heterocycles. The van der Waals surface area contributed by atoms with Crippen molar-refractivity contribution >= 4 is 17.7 Å². The number of hydrogen-bond donors (Lipinski definition) is 1. The molecule has 2 nitrogen and oxygen atoms in total. The van der Waals surface area contributed by atoms with Crippen LogP contribution in [0.25, 0.3) is 0 Å². The van der Waals surface area contributed by atoms with E-state index in [0.717, 1.165) is 23.3 Å². The fourth-order valence-electron chi connectivity index (χ4n) is 1.52. The summed E-state index contributed by atoms with van der Waals surface area (Å²) < 4.78 is -0.831. The Balaban J connectivity index is 3.06. The summed E-state index contributed by atoms with van der Waals surface area (Å²) in [4.78, 5) is 11.4. The average molecular weight is 238 g/mol. The van der Waals surface area contributed by atoms with E-state index >= 15 is 0 Å². The molecule has 16 heavy (non-hydrogen) atoms. The molecule has 0 spiro atoms. The maximum Gasteiger partial charge on any atom is 0.324 e. The summed E-state index contributed by atoms with van der Waals surface area (Å²) >= 11 is 1.49. The van der Waals surface area contributed by atoms with Crippen LogP contribution in [0, 0.1) is 6.92 Å². The third kappa shape index (κ3) is 2.79. The van der Waals surface area contributed by atoms with Gasteiger partial charge < -0.3 is 5.11 Å². The van der Waals surface area contributed by atoms with Crippen molar-refractivity contribution in [3.05, 3.63) is 35.4 Å². The van der Waals surface area contributed by atoms with Crippen LogP contribution in [0.4, 0.5) is 0 Å². The van der Waals surface area contributed by atoms with Crippen molar-refractivity contribution in [3.8, 4) is 0 Å². The predicted octanol–water partition coefficient (Wildman–Crippen LogP) is 3.44. The molecule has 1 aromatic carbocycles. The molecular weight excluding hydrogens is 220 g/mol. The summed E-state index contributed by atoms with van der Waals surface area (Å²) in [5.74, 6) is 0.0908. The van der Waals surface area contributed by atoms with Crippen LogP contribution in [0.1, 0.15) is 31.4 Å². The maximum absolute atomic E-state index is 11.4. The van der Waals surface area contributed by atoms with Gasteiger partial charge in [-0.15, -0.1) is 11.8 Å². The number of hydrogen-bond acceptors (Lipinski definition) is 2. The number of rotatable bonds is 5. The van der Waals surface area contributed by atoms with Gasteiger partial charge in [0.1, 0.15) is 4.75 Å². The van der Waals surface area contributed by atoms with E-state index in [2.05, 4.69) is 6.92 Å². The summed E-state index contributed by atoms with van der Waals surface area (Å²) in [6.45, 7) is 5.83. The number of thioether (sulfide) groups is 1. The Bertz CT molecular complexity index is 376. The Hall–Kier alpha value is -0.960. The molecule has 0 saturated heterocycles. The molecule has 1 unspecified atom stereocenters. The standard InChI is InChI=1S/C13H18O2S/c1-4-8-16-13(3,12(14)15)11-7-5-6-10(2)9-11/h5-7,9H,4,8H2,1-3H3,(H,14,15). The zero-order valence-electron chi connectivity index (χ0n) is 9.99. The summed E-state index contributed by atoms with van der Waals surface area (Å²) in [5.41, 5.74) is 1.97. The van der Waals surface area contributed by atoms with Crippen molar-refractivity contribution in [2.75, 3.05) is 5.75 Å². The van der Waals surface area contributed by atoms with Gasteiger partial charge in [0, 0.05) is 0 Å². The minimum atomic E-state index is -0.831. The maximum atomic E-state index is 11.4. The van der Waals surface area contributed by atoms with Gasteiger partial charge in [-0.3, -0.25) is 4.79 Å². The minimum Gasteiger partial charge on any atom is -0.480 e. The zero-order valence-corrected chi connectivity index (χ0v) is 10.8. The van der Waals surface area contributed by atoms with E-state index in [0.29, 0.717) is 0 Å². The van der Waals surface area contributed by atoms with Crippen LogP contribution in [0.3, 0.4) is 0 Å². The molecule has 0 aliphatic rings. The van der Waals surface area contributed by atoms with E-state index in [4.69, 9.17) is 0 Å². The van der Waals surface area contributed by atoms with Gasteiger partial charge in [0.2, 0.25) is 0 Å². The molecule has 0 bridgehead atoms. The van der Waals surface area contributed by atoms with E-state index in [1.54, 1.807) is 6.92 Å². The number of aliphatic carboxylic acids is 1. The van der Waals surface area contributed by atoms with E-state index in [9.17, 15) is 9.90 Å². The van der Waals surface area contributed by atoms with Gasteiger partial charge in [-0.25, -0.2) is 0 Å². The molecule has 1 atom stereocenters. The highest BCUT2D eigenvalue weighted by atomic mass is 32.2. The lowest BCUT2D eigenvalue weighted by atomic mass is 9.99. The van der Waals surface area contributed by atoms with Crippen LogP contribution < -0.4 is 0 Å². The lowest BCUT2D eigenvalue weighted by Gasteiger charge is -2.25. The van der Waals surface area contributed by atoms with Crippen molar-refractivity contribution in [1.29, 1.82) is 0 Å². The Morgan fingerprint density at radius 3 is 2.69 bits per heavy atom. The molecule has 0 radical (unpaired) electrons. The van der Waals surface area contributed by atoms with Crippen LogP contribution >= 0.6 is 11.8 Å². The quantitative estimate of drug-likeness (QED) is 0.853.